The van der Waals surface area contributed by atoms with E-state index < -0.39 is 0 Å². The summed E-state index contributed by atoms with van der Waals surface area (Å²) in [6.45, 7) is 0. The molecule has 0 aliphatic carbocycles. The maximum absolute atomic E-state index is 13.7. The molecule has 0 fully saturated rings. The van der Waals surface area contributed by atoms with E-state index >= 15 is 0 Å². The second-order valence-electron chi connectivity index (χ2n) is 4.02. The maximum atomic E-state index is 13.7. The fourth-order valence-electron chi connectivity index (χ4n) is 1.86. The van der Waals surface area contributed by atoms with Crippen molar-refractivity contribution >= 4 is 17.7 Å². The molecule has 0 aromatic heterocycles. The molecule has 4 heteroatoms. The SMILES string of the molecule is CN(c1ccccc1F)c1ccc(C=O)cc1C#N. The van der Waals surface area contributed by atoms with Crippen molar-refractivity contribution in [2.24, 2.45) is 0 Å². The van der Waals surface area contributed by atoms with E-state index in [1.165, 1.54) is 12.1 Å². The lowest BCUT2D eigenvalue weighted by Crippen LogP contribution is -2.12. The Bertz CT molecular complexity index is 661. The average Bonchev–Trinajstić information content (AvgIpc) is 2.46. The quantitative estimate of drug-likeness (QED) is 0.789. The summed E-state index contributed by atoms with van der Waals surface area (Å²) >= 11 is 0. The topological polar surface area (TPSA) is 44.1 Å². The monoisotopic (exact) mass is 254 g/mol. The molecule has 2 rings (SSSR count). The Morgan fingerprint density at radius 3 is 2.58 bits per heavy atom. The molecule has 19 heavy (non-hydrogen) atoms. The van der Waals surface area contributed by atoms with Crippen molar-refractivity contribution in [3.63, 3.8) is 0 Å². The maximum Gasteiger partial charge on any atom is 0.150 e. The number of hydrogen-bond acceptors (Lipinski definition) is 3. The van der Waals surface area contributed by atoms with Gasteiger partial charge in [0.25, 0.3) is 0 Å². The lowest BCUT2D eigenvalue weighted by molar-refractivity contribution is 0.112. The third kappa shape index (κ3) is 2.45. The van der Waals surface area contributed by atoms with Crippen molar-refractivity contribution in [1.29, 1.82) is 5.26 Å². The van der Waals surface area contributed by atoms with Crippen LogP contribution in [-0.4, -0.2) is 13.3 Å². The highest BCUT2D eigenvalue weighted by molar-refractivity contribution is 5.79. The van der Waals surface area contributed by atoms with E-state index in [0.29, 0.717) is 28.8 Å². The molecule has 0 radical (unpaired) electrons. The number of nitrogens with zero attached hydrogens (tertiary/aromatic N) is 2. The molecule has 0 saturated heterocycles. The van der Waals surface area contributed by atoms with E-state index in [4.69, 9.17) is 5.26 Å². The van der Waals surface area contributed by atoms with Crippen LogP contribution in [0, 0.1) is 17.1 Å². The van der Waals surface area contributed by atoms with Gasteiger partial charge in [-0.25, -0.2) is 4.39 Å². The largest absolute Gasteiger partial charge is 0.341 e. The molecule has 0 spiro atoms. The number of aldehydes is 1. The Labute approximate surface area is 110 Å². The lowest BCUT2D eigenvalue weighted by Gasteiger charge is -2.21. The molecule has 0 aliphatic heterocycles. The van der Waals surface area contributed by atoms with Gasteiger partial charge in [-0.05, 0) is 30.3 Å². The molecular formula is C15H11FN2O. The minimum atomic E-state index is -0.367. The fourth-order valence-corrected chi connectivity index (χ4v) is 1.86. The van der Waals surface area contributed by atoms with Crippen molar-refractivity contribution in [1.82, 2.24) is 0 Å². The average molecular weight is 254 g/mol. The number of nitriles is 1. The molecule has 0 heterocycles. The number of para-hydroxylation sites is 1. The zero-order valence-electron chi connectivity index (χ0n) is 10.3. The lowest BCUT2D eigenvalue weighted by atomic mass is 10.1. The molecule has 0 amide bonds. The summed E-state index contributed by atoms with van der Waals surface area (Å²) in [6, 6.07) is 13.0. The van der Waals surface area contributed by atoms with Crippen LogP contribution in [0.25, 0.3) is 0 Å². The van der Waals surface area contributed by atoms with E-state index in [0.717, 1.165) is 0 Å². The minimum absolute atomic E-state index is 0.329. The second-order valence-corrected chi connectivity index (χ2v) is 4.02. The molecule has 94 valence electrons. The van der Waals surface area contributed by atoms with E-state index in [1.54, 1.807) is 42.3 Å². The molecule has 0 N–H and O–H groups in total. The summed E-state index contributed by atoms with van der Waals surface area (Å²) in [5, 5.41) is 9.12. The van der Waals surface area contributed by atoms with Gasteiger partial charge in [0, 0.05) is 12.6 Å². The highest BCUT2D eigenvalue weighted by atomic mass is 19.1. The van der Waals surface area contributed by atoms with Gasteiger partial charge in [-0.1, -0.05) is 12.1 Å². The van der Waals surface area contributed by atoms with Crippen molar-refractivity contribution in [3.05, 3.63) is 59.4 Å². The molecular weight excluding hydrogens is 243 g/mol. The van der Waals surface area contributed by atoms with Crippen molar-refractivity contribution in [2.45, 2.75) is 0 Å². The predicted octanol–water partition coefficient (Wildman–Crippen LogP) is 3.28. The highest BCUT2D eigenvalue weighted by Crippen LogP contribution is 2.28. The summed E-state index contributed by atoms with van der Waals surface area (Å²) < 4.78 is 13.7. The summed E-state index contributed by atoms with van der Waals surface area (Å²) in [7, 11) is 1.68. The van der Waals surface area contributed by atoms with Crippen LogP contribution in [0.15, 0.2) is 42.5 Å². The van der Waals surface area contributed by atoms with Crippen LogP contribution in [-0.2, 0) is 0 Å². The number of carbonyl (C=O) groups is 1. The second kappa shape index (κ2) is 5.32. The number of rotatable bonds is 3. The molecule has 0 aliphatic rings. The Balaban J connectivity index is 2.51. The summed E-state index contributed by atoms with van der Waals surface area (Å²) in [5.74, 6) is -0.367. The number of carbonyl (C=O) groups excluding carboxylic acids is 1. The van der Waals surface area contributed by atoms with Gasteiger partial charge in [-0.3, -0.25) is 4.79 Å². The first kappa shape index (κ1) is 12.8. The third-order valence-electron chi connectivity index (χ3n) is 2.85. The van der Waals surface area contributed by atoms with Crippen LogP contribution < -0.4 is 4.90 Å². The molecule has 2 aromatic rings. The van der Waals surface area contributed by atoms with Crippen molar-refractivity contribution < 1.29 is 9.18 Å². The summed E-state index contributed by atoms with van der Waals surface area (Å²) in [4.78, 5) is 12.3. The Morgan fingerprint density at radius 2 is 1.95 bits per heavy atom. The van der Waals surface area contributed by atoms with Gasteiger partial charge in [0.15, 0.2) is 0 Å². The Hall–Kier alpha value is -2.67. The Kier molecular flexibility index (Phi) is 3.58. The molecule has 0 bridgehead atoms. The molecule has 0 unspecified atom stereocenters. The van der Waals surface area contributed by atoms with Gasteiger partial charge < -0.3 is 4.90 Å². The predicted molar refractivity (Wildman–Crippen MR) is 71.0 cm³/mol. The molecule has 0 saturated carbocycles. The zero-order chi connectivity index (χ0) is 13.8. The van der Waals surface area contributed by atoms with Crippen LogP contribution in [0.4, 0.5) is 15.8 Å². The van der Waals surface area contributed by atoms with Crippen LogP contribution in [0.2, 0.25) is 0 Å². The van der Waals surface area contributed by atoms with Gasteiger partial charge in [0.1, 0.15) is 18.2 Å². The van der Waals surface area contributed by atoms with Gasteiger partial charge in [-0.15, -0.1) is 0 Å². The first-order chi connectivity index (χ1) is 9.17. The smallest absolute Gasteiger partial charge is 0.150 e. The number of benzene rings is 2. The number of halogens is 1. The zero-order valence-corrected chi connectivity index (χ0v) is 10.3. The molecule has 3 nitrogen and oxygen atoms in total. The van der Waals surface area contributed by atoms with E-state index in [9.17, 15) is 9.18 Å². The van der Waals surface area contributed by atoms with E-state index in [-0.39, 0.29) is 5.82 Å². The van der Waals surface area contributed by atoms with E-state index in [1.807, 2.05) is 6.07 Å². The highest BCUT2D eigenvalue weighted by Gasteiger charge is 2.12. The standard InChI is InChI=1S/C15H11FN2O/c1-18(15-5-3-2-4-13(15)16)14-7-6-11(10-19)8-12(14)9-17/h2-8,10H,1H3. The third-order valence-corrected chi connectivity index (χ3v) is 2.85. The van der Waals surface area contributed by atoms with Gasteiger partial charge >= 0.3 is 0 Å². The first-order valence-corrected chi connectivity index (χ1v) is 5.65. The van der Waals surface area contributed by atoms with Gasteiger partial charge in [-0.2, -0.15) is 5.26 Å². The van der Waals surface area contributed by atoms with E-state index in [2.05, 4.69) is 0 Å². The van der Waals surface area contributed by atoms with Crippen molar-refractivity contribution in [3.8, 4) is 6.07 Å². The van der Waals surface area contributed by atoms with Crippen LogP contribution in [0.1, 0.15) is 15.9 Å². The van der Waals surface area contributed by atoms with Crippen LogP contribution in [0.5, 0.6) is 0 Å². The summed E-state index contributed by atoms with van der Waals surface area (Å²) in [6.07, 6.45) is 0.674. The Morgan fingerprint density at radius 1 is 1.21 bits per heavy atom. The normalized spacial score (nSPS) is 9.74. The molecule has 2 aromatic carbocycles. The number of anilines is 2. The summed E-state index contributed by atoms with van der Waals surface area (Å²) in [5.41, 5.74) is 1.67. The first-order valence-electron chi connectivity index (χ1n) is 5.65. The minimum Gasteiger partial charge on any atom is -0.341 e. The number of hydrogen-bond donors (Lipinski definition) is 0. The van der Waals surface area contributed by atoms with Gasteiger partial charge in [0.2, 0.25) is 0 Å². The van der Waals surface area contributed by atoms with Gasteiger partial charge in [0.05, 0.1) is 16.9 Å². The van der Waals surface area contributed by atoms with Crippen LogP contribution >= 0.6 is 0 Å². The molecule has 0 atom stereocenters. The van der Waals surface area contributed by atoms with Crippen LogP contribution in [0.3, 0.4) is 0 Å². The fraction of sp³-hybridized carbons (Fsp3) is 0.0667. The van der Waals surface area contributed by atoms with Crippen molar-refractivity contribution in [2.75, 3.05) is 11.9 Å².